The van der Waals surface area contributed by atoms with E-state index in [0.29, 0.717) is 52.6 Å². The molecule has 2 amide bonds. The Hall–Kier alpha value is -4.25. The standard InChI is InChI=1S/C26H25N5O5S/c1-3-22-28-24(36-30-22)16-4-6-19(7-5-16)35-21-13-18(23(32)29-26-27-9-11-37-26)12-20(14-21)34-15-17-8-10-31(2)25(17)33/h4-7,9,11-14,17H,3,8,10,15H2,1-2H3,(H,27,29,32). The second-order valence-corrected chi connectivity index (χ2v) is 9.43. The van der Waals surface area contributed by atoms with Gasteiger partial charge in [-0.1, -0.05) is 12.1 Å². The minimum absolute atomic E-state index is 0.0570. The van der Waals surface area contributed by atoms with E-state index in [2.05, 4.69) is 20.4 Å². The number of nitrogens with one attached hydrogen (secondary N) is 1. The highest BCUT2D eigenvalue weighted by Crippen LogP contribution is 2.30. The summed E-state index contributed by atoms with van der Waals surface area (Å²) in [5, 5.41) is 8.96. The Kier molecular flexibility index (Phi) is 7.13. The molecule has 3 heterocycles. The van der Waals surface area contributed by atoms with E-state index in [0.717, 1.165) is 12.0 Å². The van der Waals surface area contributed by atoms with E-state index in [-0.39, 0.29) is 24.3 Å². The molecular formula is C26H25N5O5S. The van der Waals surface area contributed by atoms with Crippen molar-refractivity contribution in [3.8, 4) is 28.7 Å². The van der Waals surface area contributed by atoms with Gasteiger partial charge in [0.25, 0.3) is 11.8 Å². The van der Waals surface area contributed by atoms with Crippen LogP contribution in [0.15, 0.2) is 58.6 Å². The lowest BCUT2D eigenvalue weighted by molar-refractivity contribution is -0.130. The zero-order valence-electron chi connectivity index (χ0n) is 20.3. The Balaban J connectivity index is 1.35. The van der Waals surface area contributed by atoms with Gasteiger partial charge in [0.2, 0.25) is 5.91 Å². The van der Waals surface area contributed by atoms with Crippen molar-refractivity contribution < 1.29 is 23.6 Å². The second kappa shape index (κ2) is 10.8. The van der Waals surface area contributed by atoms with Crippen LogP contribution < -0.4 is 14.8 Å². The van der Waals surface area contributed by atoms with Crippen LogP contribution in [0.25, 0.3) is 11.5 Å². The molecule has 190 valence electrons. The number of carbonyl (C=O) groups is 2. The topological polar surface area (TPSA) is 120 Å². The molecule has 10 nitrogen and oxygen atoms in total. The summed E-state index contributed by atoms with van der Waals surface area (Å²) in [4.78, 5) is 35.3. The number of hydrogen-bond acceptors (Lipinski definition) is 9. The predicted octanol–water partition coefficient (Wildman–Crippen LogP) is 4.66. The molecule has 0 saturated carbocycles. The Morgan fingerprint density at radius 2 is 2.00 bits per heavy atom. The van der Waals surface area contributed by atoms with Gasteiger partial charge in [0.05, 0.1) is 12.5 Å². The number of amides is 2. The number of thiazole rings is 1. The van der Waals surface area contributed by atoms with E-state index in [1.54, 1.807) is 53.9 Å². The monoisotopic (exact) mass is 519 g/mol. The van der Waals surface area contributed by atoms with Crippen LogP contribution in [-0.2, 0) is 11.2 Å². The second-order valence-electron chi connectivity index (χ2n) is 8.54. The van der Waals surface area contributed by atoms with E-state index in [1.807, 2.05) is 19.1 Å². The van der Waals surface area contributed by atoms with Gasteiger partial charge >= 0.3 is 0 Å². The summed E-state index contributed by atoms with van der Waals surface area (Å²) in [7, 11) is 1.78. The Bertz CT molecular complexity index is 1390. The first-order valence-electron chi connectivity index (χ1n) is 11.8. The smallest absolute Gasteiger partial charge is 0.257 e. The molecule has 0 spiro atoms. The number of hydrogen-bond donors (Lipinski definition) is 1. The van der Waals surface area contributed by atoms with Crippen LogP contribution in [-0.4, -0.2) is 52.0 Å². The van der Waals surface area contributed by atoms with Gasteiger partial charge in [-0.25, -0.2) is 4.98 Å². The molecule has 0 aliphatic carbocycles. The molecule has 1 saturated heterocycles. The molecular weight excluding hydrogens is 494 g/mol. The molecule has 0 radical (unpaired) electrons. The average Bonchev–Trinajstić information content (AvgIpc) is 3.66. The maximum absolute atomic E-state index is 12.9. The van der Waals surface area contributed by atoms with Crippen molar-refractivity contribution in [2.24, 2.45) is 5.92 Å². The first kappa shape index (κ1) is 24.4. The van der Waals surface area contributed by atoms with Crippen LogP contribution in [0, 0.1) is 5.92 Å². The number of aryl methyl sites for hydroxylation is 1. The fraction of sp³-hybridized carbons (Fsp3) is 0.269. The van der Waals surface area contributed by atoms with Gasteiger partial charge in [0, 0.05) is 48.8 Å². The third kappa shape index (κ3) is 5.78. The summed E-state index contributed by atoms with van der Waals surface area (Å²) < 4.78 is 17.3. The number of rotatable bonds is 9. The zero-order chi connectivity index (χ0) is 25.8. The number of nitrogens with zero attached hydrogens (tertiary/aromatic N) is 4. The van der Waals surface area contributed by atoms with Crippen molar-refractivity contribution in [3.05, 3.63) is 65.4 Å². The highest BCUT2D eigenvalue weighted by atomic mass is 32.1. The van der Waals surface area contributed by atoms with E-state index in [4.69, 9.17) is 14.0 Å². The summed E-state index contributed by atoms with van der Waals surface area (Å²) in [6.45, 7) is 2.88. The van der Waals surface area contributed by atoms with Gasteiger partial charge < -0.3 is 18.9 Å². The van der Waals surface area contributed by atoms with Crippen LogP contribution in [0.4, 0.5) is 5.13 Å². The highest BCUT2D eigenvalue weighted by Gasteiger charge is 2.29. The number of likely N-dealkylation sites (tertiary alicyclic amines) is 1. The molecule has 1 aliphatic rings. The summed E-state index contributed by atoms with van der Waals surface area (Å²) >= 11 is 1.32. The lowest BCUT2D eigenvalue weighted by Gasteiger charge is -2.14. The molecule has 4 aromatic rings. The maximum atomic E-state index is 12.9. The lowest BCUT2D eigenvalue weighted by Crippen LogP contribution is -2.25. The Morgan fingerprint density at radius 3 is 2.68 bits per heavy atom. The van der Waals surface area contributed by atoms with Gasteiger partial charge in [-0.2, -0.15) is 4.98 Å². The predicted molar refractivity (Wildman–Crippen MR) is 137 cm³/mol. The molecule has 11 heteroatoms. The normalized spacial score (nSPS) is 15.1. The third-order valence-electron chi connectivity index (χ3n) is 5.91. The number of ether oxygens (including phenoxy) is 2. The number of aromatic nitrogens is 3. The Morgan fingerprint density at radius 1 is 1.19 bits per heavy atom. The van der Waals surface area contributed by atoms with Crippen molar-refractivity contribution in [1.29, 1.82) is 0 Å². The SMILES string of the molecule is CCc1noc(-c2ccc(Oc3cc(OCC4CCN(C)C4=O)cc(C(=O)Nc4nccs4)c3)cc2)n1. The van der Waals surface area contributed by atoms with Crippen LogP contribution in [0.1, 0.15) is 29.5 Å². The van der Waals surface area contributed by atoms with Crippen molar-refractivity contribution in [3.63, 3.8) is 0 Å². The van der Waals surface area contributed by atoms with Gasteiger partial charge in [0.15, 0.2) is 11.0 Å². The molecule has 1 fully saturated rings. The molecule has 1 N–H and O–H groups in total. The van der Waals surface area contributed by atoms with Crippen molar-refractivity contribution >= 4 is 28.3 Å². The lowest BCUT2D eigenvalue weighted by atomic mass is 10.1. The number of carbonyl (C=O) groups excluding carboxylic acids is 2. The highest BCUT2D eigenvalue weighted by molar-refractivity contribution is 7.13. The first-order chi connectivity index (χ1) is 18.0. The summed E-state index contributed by atoms with van der Waals surface area (Å²) in [6.07, 6.45) is 3.03. The molecule has 1 atom stereocenters. The van der Waals surface area contributed by atoms with Gasteiger partial charge in [-0.05, 0) is 42.8 Å². The minimum Gasteiger partial charge on any atom is -0.493 e. The van der Waals surface area contributed by atoms with Crippen molar-refractivity contribution in [2.45, 2.75) is 19.8 Å². The Labute approximate surface area is 217 Å². The molecule has 37 heavy (non-hydrogen) atoms. The number of benzene rings is 2. The summed E-state index contributed by atoms with van der Waals surface area (Å²) in [5.74, 6) is 1.97. The van der Waals surface area contributed by atoms with Gasteiger partial charge in [0.1, 0.15) is 17.2 Å². The van der Waals surface area contributed by atoms with Crippen LogP contribution in [0.5, 0.6) is 17.2 Å². The fourth-order valence-electron chi connectivity index (χ4n) is 3.86. The summed E-state index contributed by atoms with van der Waals surface area (Å²) in [6, 6.07) is 12.2. The van der Waals surface area contributed by atoms with Crippen molar-refractivity contribution in [1.82, 2.24) is 20.0 Å². The summed E-state index contributed by atoms with van der Waals surface area (Å²) in [5.41, 5.74) is 1.11. The van der Waals surface area contributed by atoms with Crippen LogP contribution in [0.3, 0.4) is 0 Å². The van der Waals surface area contributed by atoms with E-state index in [1.165, 1.54) is 11.3 Å². The van der Waals surface area contributed by atoms with Crippen LogP contribution in [0.2, 0.25) is 0 Å². The first-order valence-corrected chi connectivity index (χ1v) is 12.7. The molecule has 1 unspecified atom stereocenters. The van der Waals surface area contributed by atoms with Crippen LogP contribution >= 0.6 is 11.3 Å². The van der Waals surface area contributed by atoms with Gasteiger partial charge in [-0.15, -0.1) is 11.3 Å². The largest absolute Gasteiger partial charge is 0.493 e. The van der Waals surface area contributed by atoms with E-state index >= 15 is 0 Å². The van der Waals surface area contributed by atoms with Gasteiger partial charge in [-0.3, -0.25) is 14.9 Å². The molecule has 0 bridgehead atoms. The molecule has 1 aliphatic heterocycles. The molecule has 2 aromatic carbocycles. The fourth-order valence-corrected chi connectivity index (χ4v) is 4.39. The van der Waals surface area contributed by atoms with Crippen molar-refractivity contribution in [2.75, 3.05) is 25.5 Å². The molecule has 2 aromatic heterocycles. The maximum Gasteiger partial charge on any atom is 0.257 e. The van der Waals surface area contributed by atoms with E-state index in [9.17, 15) is 9.59 Å². The average molecular weight is 520 g/mol. The number of anilines is 1. The zero-order valence-corrected chi connectivity index (χ0v) is 21.2. The minimum atomic E-state index is -0.347. The third-order valence-corrected chi connectivity index (χ3v) is 6.59. The molecule has 5 rings (SSSR count). The quantitative estimate of drug-likeness (QED) is 0.339. The van der Waals surface area contributed by atoms with E-state index < -0.39 is 0 Å².